The van der Waals surface area contributed by atoms with Gasteiger partial charge in [-0.15, -0.1) is 0 Å². The number of aryl methyl sites for hydroxylation is 2. The molecule has 1 aliphatic rings. The molecule has 1 atom stereocenters. The Morgan fingerprint density at radius 1 is 1.33 bits per heavy atom. The summed E-state index contributed by atoms with van der Waals surface area (Å²) in [5.74, 6) is -1.74. The first-order valence-corrected chi connectivity index (χ1v) is 5.17. The lowest BCUT2D eigenvalue weighted by atomic mass is 9.96. The molecule has 0 heterocycles. The molecule has 0 saturated heterocycles. The molecule has 0 aliphatic heterocycles. The molecule has 1 unspecified atom stereocenters. The number of aliphatic hydroxyl groups is 1. The van der Waals surface area contributed by atoms with E-state index in [2.05, 4.69) is 0 Å². The number of benzene rings is 1. The maximum atomic E-state index is 10.9. The lowest BCUT2D eigenvalue weighted by Crippen LogP contribution is -2.15. The van der Waals surface area contributed by atoms with Crippen molar-refractivity contribution < 1.29 is 15.0 Å². The van der Waals surface area contributed by atoms with E-state index in [1.54, 1.807) is 0 Å². The molecule has 80 valence electrons. The first-order chi connectivity index (χ1) is 7.22. The van der Waals surface area contributed by atoms with Crippen LogP contribution in [0.1, 0.15) is 29.0 Å². The number of hydrogen-bond acceptors (Lipinski definition) is 2. The van der Waals surface area contributed by atoms with Crippen molar-refractivity contribution in [3.05, 3.63) is 34.9 Å². The molecule has 1 aromatic carbocycles. The van der Waals surface area contributed by atoms with E-state index in [0.717, 1.165) is 19.3 Å². The largest absolute Gasteiger partial charge is 0.481 e. The van der Waals surface area contributed by atoms with Gasteiger partial charge < -0.3 is 10.2 Å². The van der Waals surface area contributed by atoms with E-state index in [1.807, 2.05) is 18.2 Å². The Bertz CT molecular complexity index is 384. The van der Waals surface area contributed by atoms with Crippen molar-refractivity contribution in [3.8, 4) is 0 Å². The number of aliphatic hydroxyl groups excluding tert-OH is 1. The minimum atomic E-state index is -0.963. The van der Waals surface area contributed by atoms with Gasteiger partial charge in [-0.05, 0) is 36.0 Å². The van der Waals surface area contributed by atoms with Crippen LogP contribution in [0.2, 0.25) is 0 Å². The first-order valence-electron chi connectivity index (χ1n) is 5.17. The van der Waals surface area contributed by atoms with Crippen LogP contribution < -0.4 is 0 Å². The van der Waals surface area contributed by atoms with Gasteiger partial charge >= 0.3 is 5.97 Å². The van der Waals surface area contributed by atoms with Gasteiger partial charge in [-0.3, -0.25) is 4.79 Å². The highest BCUT2D eigenvalue weighted by Gasteiger charge is 2.20. The Labute approximate surface area is 88.4 Å². The molecule has 3 heteroatoms. The van der Waals surface area contributed by atoms with Crippen LogP contribution in [0.25, 0.3) is 0 Å². The number of carboxylic acids is 1. The molecule has 0 saturated carbocycles. The monoisotopic (exact) mass is 206 g/mol. The number of carbonyl (C=O) groups is 1. The van der Waals surface area contributed by atoms with Gasteiger partial charge in [0, 0.05) is 0 Å². The third-order valence-electron chi connectivity index (χ3n) is 3.01. The summed E-state index contributed by atoms with van der Waals surface area (Å²) >= 11 is 0. The topological polar surface area (TPSA) is 57.5 Å². The number of hydrogen-bond donors (Lipinski definition) is 2. The second kappa shape index (κ2) is 4.03. The third kappa shape index (κ3) is 1.88. The summed E-state index contributed by atoms with van der Waals surface area (Å²) in [6, 6.07) is 5.74. The molecular weight excluding hydrogens is 192 g/mol. The van der Waals surface area contributed by atoms with E-state index >= 15 is 0 Å². The van der Waals surface area contributed by atoms with Crippen molar-refractivity contribution in [1.82, 2.24) is 0 Å². The minimum Gasteiger partial charge on any atom is -0.481 e. The van der Waals surface area contributed by atoms with Crippen LogP contribution in [0.4, 0.5) is 0 Å². The number of carboxylic acid groups (broad SMARTS) is 1. The molecule has 0 spiro atoms. The zero-order valence-corrected chi connectivity index (χ0v) is 8.44. The van der Waals surface area contributed by atoms with Crippen LogP contribution in [-0.4, -0.2) is 22.8 Å². The molecule has 0 fully saturated rings. The van der Waals surface area contributed by atoms with Crippen molar-refractivity contribution >= 4 is 5.97 Å². The fraction of sp³-hybridized carbons (Fsp3) is 0.417. The van der Waals surface area contributed by atoms with Crippen LogP contribution in [-0.2, 0) is 17.6 Å². The number of rotatable bonds is 3. The Morgan fingerprint density at radius 2 is 2.07 bits per heavy atom. The highest BCUT2D eigenvalue weighted by Crippen LogP contribution is 2.26. The van der Waals surface area contributed by atoms with Gasteiger partial charge in [-0.25, -0.2) is 0 Å². The Balaban J connectivity index is 2.32. The molecule has 15 heavy (non-hydrogen) atoms. The predicted molar refractivity (Wildman–Crippen MR) is 55.9 cm³/mol. The number of fused-ring (bicyclic) bond motifs is 1. The van der Waals surface area contributed by atoms with Gasteiger partial charge in [0.25, 0.3) is 0 Å². The fourth-order valence-corrected chi connectivity index (χ4v) is 2.13. The highest BCUT2D eigenvalue weighted by atomic mass is 16.4. The van der Waals surface area contributed by atoms with Crippen LogP contribution in [0.3, 0.4) is 0 Å². The Kier molecular flexibility index (Phi) is 2.73. The Hall–Kier alpha value is -1.35. The molecule has 0 radical (unpaired) electrons. The molecule has 2 rings (SSSR count). The van der Waals surface area contributed by atoms with E-state index in [1.165, 1.54) is 11.1 Å². The first kappa shape index (κ1) is 10.2. The zero-order valence-electron chi connectivity index (χ0n) is 8.44. The maximum Gasteiger partial charge on any atom is 0.313 e. The number of aliphatic carboxylic acids is 1. The second-order valence-corrected chi connectivity index (χ2v) is 3.96. The second-order valence-electron chi connectivity index (χ2n) is 3.96. The van der Waals surface area contributed by atoms with Gasteiger partial charge in [0.15, 0.2) is 0 Å². The minimum absolute atomic E-state index is 0.339. The average Bonchev–Trinajstić information content (AvgIpc) is 2.65. The molecule has 3 nitrogen and oxygen atoms in total. The van der Waals surface area contributed by atoms with E-state index in [0.29, 0.717) is 5.56 Å². The smallest absolute Gasteiger partial charge is 0.313 e. The van der Waals surface area contributed by atoms with Crippen LogP contribution in [0, 0.1) is 0 Å². The lowest BCUT2D eigenvalue weighted by molar-refractivity contribution is -0.139. The summed E-state index contributed by atoms with van der Waals surface area (Å²) in [6.45, 7) is -0.339. The standard InChI is InChI=1S/C12H14O3/c13-7-11(12(14)15)10-5-4-8-2-1-3-9(8)6-10/h4-6,11,13H,1-3,7H2,(H,14,15). The van der Waals surface area contributed by atoms with E-state index < -0.39 is 11.9 Å². The molecular formula is C12H14O3. The van der Waals surface area contributed by atoms with Gasteiger partial charge in [0.05, 0.1) is 6.61 Å². The summed E-state index contributed by atoms with van der Waals surface area (Å²) in [7, 11) is 0. The molecule has 2 N–H and O–H groups in total. The van der Waals surface area contributed by atoms with Crippen molar-refractivity contribution in [2.75, 3.05) is 6.61 Å². The van der Waals surface area contributed by atoms with Crippen molar-refractivity contribution in [1.29, 1.82) is 0 Å². The van der Waals surface area contributed by atoms with E-state index in [-0.39, 0.29) is 6.61 Å². The molecule has 1 aliphatic carbocycles. The quantitative estimate of drug-likeness (QED) is 0.784. The highest BCUT2D eigenvalue weighted by molar-refractivity contribution is 5.76. The van der Waals surface area contributed by atoms with Gasteiger partial charge in [-0.2, -0.15) is 0 Å². The third-order valence-corrected chi connectivity index (χ3v) is 3.01. The SMILES string of the molecule is O=C(O)C(CO)c1ccc2c(c1)CCC2. The van der Waals surface area contributed by atoms with Gasteiger partial charge in [0.1, 0.15) is 5.92 Å². The summed E-state index contributed by atoms with van der Waals surface area (Å²) in [5.41, 5.74) is 3.28. The Morgan fingerprint density at radius 3 is 2.73 bits per heavy atom. The normalized spacial score (nSPS) is 16.1. The van der Waals surface area contributed by atoms with E-state index in [9.17, 15) is 4.79 Å². The van der Waals surface area contributed by atoms with Gasteiger partial charge in [-0.1, -0.05) is 18.2 Å². The summed E-state index contributed by atoms with van der Waals surface area (Å²) < 4.78 is 0. The van der Waals surface area contributed by atoms with Crippen LogP contribution >= 0.6 is 0 Å². The molecule has 1 aromatic rings. The fourth-order valence-electron chi connectivity index (χ4n) is 2.13. The maximum absolute atomic E-state index is 10.9. The van der Waals surface area contributed by atoms with Gasteiger partial charge in [0.2, 0.25) is 0 Å². The summed E-state index contributed by atoms with van der Waals surface area (Å²) in [4.78, 5) is 10.9. The van der Waals surface area contributed by atoms with Crippen molar-refractivity contribution in [2.45, 2.75) is 25.2 Å². The summed E-state index contributed by atoms with van der Waals surface area (Å²) in [6.07, 6.45) is 3.27. The molecule has 0 aromatic heterocycles. The average molecular weight is 206 g/mol. The molecule has 0 amide bonds. The van der Waals surface area contributed by atoms with Crippen LogP contribution in [0.5, 0.6) is 0 Å². The lowest BCUT2D eigenvalue weighted by Gasteiger charge is -2.11. The zero-order chi connectivity index (χ0) is 10.8. The van der Waals surface area contributed by atoms with E-state index in [4.69, 9.17) is 10.2 Å². The molecule has 0 bridgehead atoms. The van der Waals surface area contributed by atoms with Crippen LogP contribution in [0.15, 0.2) is 18.2 Å². The predicted octanol–water partition coefficient (Wildman–Crippen LogP) is 1.34. The summed E-state index contributed by atoms with van der Waals surface area (Å²) in [5, 5.41) is 17.9. The van der Waals surface area contributed by atoms with Crippen molar-refractivity contribution in [3.63, 3.8) is 0 Å². The van der Waals surface area contributed by atoms with Crippen molar-refractivity contribution in [2.24, 2.45) is 0 Å².